The summed E-state index contributed by atoms with van der Waals surface area (Å²) in [6.07, 6.45) is 0. The fraction of sp³-hybridized carbons (Fsp3) is 0.455. The molecule has 1 aromatic carbocycles. The molecule has 0 saturated carbocycles. The zero-order chi connectivity index (χ0) is 9.84. The lowest BCUT2D eigenvalue weighted by molar-refractivity contribution is 0.269. The summed E-state index contributed by atoms with van der Waals surface area (Å²) >= 11 is 0. The van der Waals surface area contributed by atoms with E-state index in [9.17, 15) is 0 Å². The fourth-order valence-corrected chi connectivity index (χ4v) is 1.44. The number of aliphatic hydroxyl groups excluding tert-OH is 1. The van der Waals surface area contributed by atoms with Gasteiger partial charge in [-0.05, 0) is 18.1 Å². The van der Waals surface area contributed by atoms with Gasteiger partial charge in [0.1, 0.15) is 5.75 Å². The van der Waals surface area contributed by atoms with Crippen LogP contribution < -0.4 is 4.74 Å². The van der Waals surface area contributed by atoms with Crippen LogP contribution >= 0.6 is 0 Å². The van der Waals surface area contributed by atoms with E-state index >= 15 is 0 Å². The van der Waals surface area contributed by atoms with Crippen LogP contribution in [0.2, 0.25) is 0 Å². The Bertz CT molecular complexity index is 281. The monoisotopic (exact) mass is 180 g/mol. The van der Waals surface area contributed by atoms with Crippen LogP contribution in [0.4, 0.5) is 0 Å². The van der Waals surface area contributed by atoms with E-state index in [0.717, 1.165) is 16.9 Å². The average molecular weight is 180 g/mol. The highest BCUT2D eigenvalue weighted by Crippen LogP contribution is 2.29. The molecule has 0 unspecified atom stereocenters. The molecule has 1 atom stereocenters. The van der Waals surface area contributed by atoms with Gasteiger partial charge in [0.15, 0.2) is 0 Å². The third kappa shape index (κ3) is 2.01. The standard InChI is InChI=1S/C11H16O2/c1-8-5-4-6-10(9(2)7-12)11(8)13-3/h4-6,9,12H,7H2,1-3H3/t9-/m1/s1. The number of benzene rings is 1. The molecule has 0 bridgehead atoms. The van der Waals surface area contributed by atoms with Crippen molar-refractivity contribution < 1.29 is 9.84 Å². The van der Waals surface area contributed by atoms with Crippen molar-refractivity contribution in [2.45, 2.75) is 19.8 Å². The Balaban J connectivity index is 3.12. The topological polar surface area (TPSA) is 29.5 Å². The molecule has 0 aliphatic heterocycles. The molecule has 0 heterocycles. The molecule has 0 amide bonds. The van der Waals surface area contributed by atoms with E-state index in [1.54, 1.807) is 7.11 Å². The number of ether oxygens (including phenoxy) is 1. The summed E-state index contributed by atoms with van der Waals surface area (Å²) in [4.78, 5) is 0. The number of aliphatic hydroxyl groups is 1. The zero-order valence-electron chi connectivity index (χ0n) is 8.37. The van der Waals surface area contributed by atoms with Gasteiger partial charge in [-0.15, -0.1) is 0 Å². The summed E-state index contributed by atoms with van der Waals surface area (Å²) < 4.78 is 5.29. The van der Waals surface area contributed by atoms with Crippen molar-refractivity contribution in [2.24, 2.45) is 0 Å². The first-order chi connectivity index (χ1) is 6.20. The molecule has 0 radical (unpaired) electrons. The van der Waals surface area contributed by atoms with Crippen molar-refractivity contribution in [3.05, 3.63) is 29.3 Å². The second-order valence-electron chi connectivity index (χ2n) is 3.28. The second kappa shape index (κ2) is 4.28. The van der Waals surface area contributed by atoms with Crippen LogP contribution in [0.25, 0.3) is 0 Å². The smallest absolute Gasteiger partial charge is 0.125 e. The van der Waals surface area contributed by atoms with Crippen molar-refractivity contribution in [1.82, 2.24) is 0 Å². The second-order valence-corrected chi connectivity index (χ2v) is 3.28. The lowest BCUT2D eigenvalue weighted by atomic mass is 9.99. The summed E-state index contributed by atoms with van der Waals surface area (Å²) in [5.74, 6) is 1.03. The molecular weight excluding hydrogens is 164 g/mol. The van der Waals surface area contributed by atoms with Crippen LogP contribution in [0.3, 0.4) is 0 Å². The Morgan fingerprint density at radius 3 is 2.69 bits per heavy atom. The predicted molar refractivity (Wildman–Crippen MR) is 53.2 cm³/mol. The Kier molecular flexibility index (Phi) is 3.32. The molecule has 2 heteroatoms. The summed E-state index contributed by atoms with van der Waals surface area (Å²) in [7, 11) is 1.66. The fourth-order valence-electron chi connectivity index (χ4n) is 1.44. The normalized spacial score (nSPS) is 12.6. The highest BCUT2D eigenvalue weighted by molar-refractivity contribution is 5.42. The molecule has 1 rings (SSSR count). The number of para-hydroxylation sites is 1. The van der Waals surface area contributed by atoms with Crippen LogP contribution in [0.15, 0.2) is 18.2 Å². The molecule has 0 fully saturated rings. The number of rotatable bonds is 3. The largest absolute Gasteiger partial charge is 0.496 e. The molecule has 2 nitrogen and oxygen atoms in total. The van der Waals surface area contributed by atoms with Crippen LogP contribution in [0, 0.1) is 6.92 Å². The van der Waals surface area contributed by atoms with Crippen molar-refractivity contribution >= 4 is 0 Å². The van der Waals surface area contributed by atoms with E-state index in [-0.39, 0.29) is 12.5 Å². The van der Waals surface area contributed by atoms with Gasteiger partial charge in [0.05, 0.1) is 7.11 Å². The minimum Gasteiger partial charge on any atom is -0.496 e. The van der Waals surface area contributed by atoms with Crippen molar-refractivity contribution in [2.75, 3.05) is 13.7 Å². The number of hydrogen-bond acceptors (Lipinski definition) is 2. The zero-order valence-corrected chi connectivity index (χ0v) is 8.37. The maximum absolute atomic E-state index is 9.04. The van der Waals surface area contributed by atoms with E-state index in [2.05, 4.69) is 0 Å². The van der Waals surface area contributed by atoms with Gasteiger partial charge in [0, 0.05) is 12.5 Å². The van der Waals surface area contributed by atoms with Crippen molar-refractivity contribution in [3.63, 3.8) is 0 Å². The van der Waals surface area contributed by atoms with Gasteiger partial charge >= 0.3 is 0 Å². The molecule has 0 aromatic heterocycles. The lowest BCUT2D eigenvalue weighted by Crippen LogP contribution is -2.02. The van der Waals surface area contributed by atoms with Gasteiger partial charge in [-0.3, -0.25) is 0 Å². The van der Waals surface area contributed by atoms with E-state index in [4.69, 9.17) is 9.84 Å². The van der Waals surface area contributed by atoms with Gasteiger partial charge in [0.2, 0.25) is 0 Å². The third-order valence-electron chi connectivity index (χ3n) is 2.25. The van der Waals surface area contributed by atoms with Gasteiger partial charge in [-0.25, -0.2) is 0 Å². The lowest BCUT2D eigenvalue weighted by Gasteiger charge is -2.15. The first-order valence-electron chi connectivity index (χ1n) is 4.45. The molecule has 72 valence electrons. The summed E-state index contributed by atoms with van der Waals surface area (Å²) in [5.41, 5.74) is 2.19. The van der Waals surface area contributed by atoms with E-state index in [0.29, 0.717) is 0 Å². The number of methoxy groups -OCH3 is 1. The number of hydrogen-bond donors (Lipinski definition) is 1. The van der Waals surface area contributed by atoms with Crippen LogP contribution in [-0.4, -0.2) is 18.8 Å². The third-order valence-corrected chi connectivity index (χ3v) is 2.25. The van der Waals surface area contributed by atoms with E-state index in [1.807, 2.05) is 32.0 Å². The van der Waals surface area contributed by atoms with Gasteiger partial charge in [-0.2, -0.15) is 0 Å². The van der Waals surface area contributed by atoms with Gasteiger partial charge in [-0.1, -0.05) is 25.1 Å². The van der Waals surface area contributed by atoms with Crippen LogP contribution in [0.5, 0.6) is 5.75 Å². The van der Waals surface area contributed by atoms with E-state index < -0.39 is 0 Å². The quantitative estimate of drug-likeness (QED) is 0.771. The summed E-state index contributed by atoms with van der Waals surface area (Å²) in [6.45, 7) is 4.14. The van der Waals surface area contributed by atoms with Gasteiger partial charge in [0.25, 0.3) is 0 Å². The Morgan fingerprint density at radius 2 is 2.15 bits per heavy atom. The minimum absolute atomic E-state index is 0.134. The summed E-state index contributed by atoms with van der Waals surface area (Å²) in [5, 5.41) is 9.04. The molecule has 1 aromatic rings. The molecule has 0 saturated heterocycles. The Hall–Kier alpha value is -1.02. The molecule has 0 spiro atoms. The highest BCUT2D eigenvalue weighted by Gasteiger charge is 2.11. The predicted octanol–water partition coefficient (Wildman–Crippen LogP) is 2.10. The highest BCUT2D eigenvalue weighted by atomic mass is 16.5. The van der Waals surface area contributed by atoms with Crippen LogP contribution in [0.1, 0.15) is 24.0 Å². The molecule has 13 heavy (non-hydrogen) atoms. The first kappa shape index (κ1) is 10.1. The minimum atomic E-state index is 0.134. The van der Waals surface area contributed by atoms with Crippen molar-refractivity contribution in [1.29, 1.82) is 0 Å². The Morgan fingerprint density at radius 1 is 1.46 bits per heavy atom. The average Bonchev–Trinajstić information content (AvgIpc) is 2.16. The van der Waals surface area contributed by atoms with Gasteiger partial charge < -0.3 is 9.84 Å². The number of aryl methyl sites for hydroxylation is 1. The van der Waals surface area contributed by atoms with Crippen molar-refractivity contribution in [3.8, 4) is 5.75 Å². The SMILES string of the molecule is COc1c(C)cccc1[C@H](C)CO. The van der Waals surface area contributed by atoms with Crippen LogP contribution in [-0.2, 0) is 0 Å². The molecule has 1 N–H and O–H groups in total. The Labute approximate surface area is 79.2 Å². The maximum Gasteiger partial charge on any atom is 0.125 e. The molecule has 0 aliphatic carbocycles. The first-order valence-corrected chi connectivity index (χ1v) is 4.45. The maximum atomic E-state index is 9.04. The van der Waals surface area contributed by atoms with E-state index in [1.165, 1.54) is 0 Å². The summed E-state index contributed by atoms with van der Waals surface area (Å²) in [6, 6.07) is 5.98. The molecule has 0 aliphatic rings. The molecular formula is C11H16O2.